The lowest BCUT2D eigenvalue weighted by Gasteiger charge is -2.19. The summed E-state index contributed by atoms with van der Waals surface area (Å²) >= 11 is 1.54. The maximum atomic E-state index is 9.45. The fourth-order valence-corrected chi connectivity index (χ4v) is 7.63. The summed E-state index contributed by atoms with van der Waals surface area (Å²) in [4.78, 5) is 0.838. The van der Waals surface area contributed by atoms with Gasteiger partial charge in [0.1, 0.15) is 0 Å². The van der Waals surface area contributed by atoms with Gasteiger partial charge in [-0.1, -0.05) is 145 Å². The topological polar surface area (TPSA) is 0 Å². The Kier molecular flexibility index (Phi) is 3.97. The molecule has 0 atom stereocenters. The molecule has 9 aromatic rings. The van der Waals surface area contributed by atoms with E-state index in [1.165, 1.54) is 0 Å². The van der Waals surface area contributed by atoms with Crippen LogP contribution in [0.3, 0.4) is 0 Å². The first-order valence-electron chi connectivity index (χ1n) is 18.1. The molecule has 0 aliphatic heterocycles. The minimum absolute atomic E-state index is 0.211. The number of benzene rings is 8. The standard InChI is InChI=1S/C42H26S/c1-2-13-28(14-3-1)42-41(37-20-10-11-21-38(37)43-42)40-35-18-8-6-16-33(35)39(34-17-7-9-19-36(34)40)30-24-25-32-29(26-30)23-22-27-12-4-5-15-31(27)32/h1-26H/i6D,7D,8D,9D,16D,17D,18D,19D. The third-order valence-corrected chi connectivity index (χ3v) is 9.51. The Morgan fingerprint density at radius 1 is 0.395 bits per heavy atom. The van der Waals surface area contributed by atoms with E-state index in [0.717, 1.165) is 42.1 Å². The second-order valence-electron chi connectivity index (χ2n) is 10.6. The van der Waals surface area contributed by atoms with Gasteiger partial charge < -0.3 is 0 Å². The van der Waals surface area contributed by atoms with Gasteiger partial charge in [0.15, 0.2) is 0 Å². The third-order valence-electron chi connectivity index (χ3n) is 8.29. The third kappa shape index (κ3) is 3.75. The highest BCUT2D eigenvalue weighted by Gasteiger charge is 2.22. The number of rotatable bonds is 3. The second-order valence-corrected chi connectivity index (χ2v) is 11.7. The van der Waals surface area contributed by atoms with Gasteiger partial charge in [-0.2, -0.15) is 0 Å². The van der Waals surface area contributed by atoms with Gasteiger partial charge in [-0.15, -0.1) is 11.3 Å². The minimum atomic E-state index is -0.412. The molecule has 0 aliphatic carbocycles. The van der Waals surface area contributed by atoms with Crippen LogP contribution in [-0.4, -0.2) is 0 Å². The average molecular weight is 571 g/mol. The molecule has 8 aromatic carbocycles. The molecular weight excluding hydrogens is 537 g/mol. The minimum Gasteiger partial charge on any atom is -0.135 e. The summed E-state index contributed by atoms with van der Waals surface area (Å²) in [5, 5.41) is 5.73. The van der Waals surface area contributed by atoms with Gasteiger partial charge in [0.05, 0.1) is 11.0 Å². The smallest absolute Gasteiger partial charge is 0.0629 e. The summed E-state index contributed by atoms with van der Waals surface area (Å²) in [5.74, 6) is 0. The molecule has 0 amide bonds. The number of thiophene rings is 1. The molecule has 0 bridgehead atoms. The molecule has 0 saturated heterocycles. The van der Waals surface area contributed by atoms with Crippen LogP contribution in [-0.2, 0) is 0 Å². The molecule has 0 fully saturated rings. The lowest BCUT2D eigenvalue weighted by atomic mass is 9.84. The van der Waals surface area contributed by atoms with Crippen molar-refractivity contribution in [3.05, 3.63) is 158 Å². The number of hydrogen-bond acceptors (Lipinski definition) is 1. The van der Waals surface area contributed by atoms with E-state index in [4.69, 9.17) is 5.48 Å². The molecule has 43 heavy (non-hydrogen) atoms. The molecule has 0 aliphatic rings. The molecule has 0 N–H and O–H groups in total. The monoisotopic (exact) mass is 570 g/mol. The van der Waals surface area contributed by atoms with E-state index in [0.29, 0.717) is 22.3 Å². The first-order chi connectivity index (χ1) is 24.7. The largest absolute Gasteiger partial charge is 0.135 e. The molecule has 0 radical (unpaired) electrons. The number of hydrogen-bond donors (Lipinski definition) is 0. The highest BCUT2D eigenvalue weighted by atomic mass is 32.1. The van der Waals surface area contributed by atoms with E-state index in [-0.39, 0.29) is 45.7 Å². The Morgan fingerprint density at radius 2 is 0.977 bits per heavy atom. The predicted molar refractivity (Wildman–Crippen MR) is 188 cm³/mol. The Hall–Kier alpha value is -5.24. The van der Waals surface area contributed by atoms with Gasteiger partial charge in [0.2, 0.25) is 0 Å². The molecule has 0 nitrogen and oxygen atoms in total. The molecule has 1 aromatic heterocycles. The summed E-state index contributed by atoms with van der Waals surface area (Å²) in [6.07, 6.45) is 0. The first kappa shape index (κ1) is 17.7. The van der Waals surface area contributed by atoms with Crippen molar-refractivity contribution in [2.45, 2.75) is 0 Å². The molecule has 200 valence electrons. The van der Waals surface area contributed by atoms with Gasteiger partial charge in [-0.25, -0.2) is 0 Å². The molecular formula is C42H26S. The summed E-state index contributed by atoms with van der Waals surface area (Å²) in [5.41, 5.74) is 2.86. The molecule has 1 heterocycles. The highest BCUT2D eigenvalue weighted by molar-refractivity contribution is 7.23. The second kappa shape index (κ2) is 9.66. The summed E-state index contributed by atoms with van der Waals surface area (Å²) in [6, 6.07) is 32.8. The van der Waals surface area contributed by atoms with Crippen molar-refractivity contribution < 1.29 is 11.0 Å². The predicted octanol–water partition coefficient (Wildman–Crippen LogP) is 12.5. The van der Waals surface area contributed by atoms with Crippen molar-refractivity contribution >= 4 is 64.5 Å². The normalized spacial score (nSPS) is 14.3. The van der Waals surface area contributed by atoms with Crippen LogP contribution >= 0.6 is 11.3 Å². The SMILES string of the molecule is [2H]c1c([2H])c([2H])c2c(-c3c(-c4ccccc4)sc4ccccc34)c3c([2H])c([2H])c([2H])c([2H])c3c(-c3ccc4c(ccc5ccccc54)c3)c2c1[2H]. The van der Waals surface area contributed by atoms with Crippen molar-refractivity contribution in [1.29, 1.82) is 0 Å². The molecule has 1 heteroatoms. The first-order valence-corrected chi connectivity index (χ1v) is 14.9. The molecule has 0 saturated carbocycles. The van der Waals surface area contributed by atoms with Gasteiger partial charge in [-0.3, -0.25) is 0 Å². The van der Waals surface area contributed by atoms with Crippen LogP contribution in [0.25, 0.3) is 85.9 Å². The lowest BCUT2D eigenvalue weighted by Crippen LogP contribution is -1.91. The lowest BCUT2D eigenvalue weighted by molar-refractivity contribution is 1.68. The highest BCUT2D eigenvalue weighted by Crippen LogP contribution is 2.51. The van der Waals surface area contributed by atoms with Gasteiger partial charge in [0, 0.05) is 20.5 Å². The van der Waals surface area contributed by atoms with Crippen molar-refractivity contribution in [3.63, 3.8) is 0 Å². The molecule has 0 spiro atoms. The van der Waals surface area contributed by atoms with E-state index in [1.54, 1.807) is 11.3 Å². The van der Waals surface area contributed by atoms with Gasteiger partial charge >= 0.3 is 0 Å². The van der Waals surface area contributed by atoms with Crippen LogP contribution in [0.5, 0.6) is 0 Å². The van der Waals surface area contributed by atoms with E-state index in [2.05, 4.69) is 6.07 Å². The van der Waals surface area contributed by atoms with E-state index >= 15 is 0 Å². The van der Waals surface area contributed by atoms with E-state index in [9.17, 15) is 5.48 Å². The van der Waals surface area contributed by atoms with Crippen LogP contribution in [0, 0.1) is 0 Å². The van der Waals surface area contributed by atoms with Crippen molar-refractivity contribution in [2.75, 3.05) is 0 Å². The van der Waals surface area contributed by atoms with Crippen LogP contribution in [0.2, 0.25) is 0 Å². The van der Waals surface area contributed by atoms with E-state index in [1.807, 2.05) is 103 Å². The molecule has 9 rings (SSSR count). The fraction of sp³-hybridized carbons (Fsp3) is 0. The quantitative estimate of drug-likeness (QED) is 0.146. The van der Waals surface area contributed by atoms with Crippen LogP contribution in [0.15, 0.2) is 158 Å². The summed E-state index contributed by atoms with van der Waals surface area (Å²) in [6.45, 7) is 0. The zero-order valence-electron chi connectivity index (χ0n) is 30.8. The number of fused-ring (bicyclic) bond motifs is 6. The van der Waals surface area contributed by atoms with Crippen LogP contribution in [0.4, 0.5) is 0 Å². The van der Waals surface area contributed by atoms with Crippen molar-refractivity contribution in [1.82, 2.24) is 0 Å². The summed E-state index contributed by atoms with van der Waals surface area (Å²) < 4.78 is 74.1. The maximum Gasteiger partial charge on any atom is 0.0629 e. The Bertz CT molecular complexity index is 2870. The van der Waals surface area contributed by atoms with Gasteiger partial charge in [0.25, 0.3) is 0 Å². The fourth-order valence-electron chi connectivity index (χ4n) is 6.42. The maximum absolute atomic E-state index is 9.45. The van der Waals surface area contributed by atoms with Gasteiger partial charge in [-0.05, 0) is 77.5 Å². The Labute approximate surface area is 265 Å². The van der Waals surface area contributed by atoms with Crippen molar-refractivity contribution in [2.24, 2.45) is 0 Å². The summed E-state index contributed by atoms with van der Waals surface area (Å²) in [7, 11) is 0. The average Bonchev–Trinajstić information content (AvgIpc) is 3.56. The van der Waals surface area contributed by atoms with Crippen molar-refractivity contribution in [3.8, 4) is 32.7 Å². The van der Waals surface area contributed by atoms with Crippen LogP contribution in [0.1, 0.15) is 11.0 Å². The zero-order chi connectivity index (χ0) is 35.3. The van der Waals surface area contributed by atoms with Crippen LogP contribution < -0.4 is 0 Å². The Balaban J connectivity index is 1.56. The van der Waals surface area contributed by atoms with E-state index < -0.39 is 24.2 Å². The molecule has 0 unspecified atom stereocenters. The Morgan fingerprint density at radius 3 is 1.72 bits per heavy atom. The zero-order valence-corrected chi connectivity index (χ0v) is 23.6.